The first-order chi connectivity index (χ1) is 18.2. The Balaban J connectivity index is 5.71. The Morgan fingerprint density at radius 2 is 0.763 bits per heavy atom. The van der Waals surface area contributed by atoms with Crippen LogP contribution in [0.25, 0.3) is 0 Å². The van der Waals surface area contributed by atoms with Crippen LogP contribution in [0.15, 0.2) is 167 Å². The first-order valence-electron chi connectivity index (χ1n) is 10.8. The van der Waals surface area contributed by atoms with Gasteiger partial charge in [0.15, 0.2) is 0 Å². The molecule has 0 aliphatic heterocycles. The maximum absolute atomic E-state index is 10.6. The van der Waals surface area contributed by atoms with Crippen molar-refractivity contribution in [2.75, 3.05) is 0 Å². The Kier molecular flexibility index (Phi) is 17.2. The predicted molar refractivity (Wildman–Crippen MR) is 152 cm³/mol. The molecule has 0 amide bonds. The van der Waals surface area contributed by atoms with E-state index in [2.05, 4.69) is 59.9 Å². The van der Waals surface area contributed by atoms with E-state index >= 15 is 0 Å². The largest absolute Gasteiger partial charge is 0.553 e. The third-order valence-corrected chi connectivity index (χ3v) is 3.79. The standard InChI is InChI=1S/C26H28B2N4O6/c1-7-19(29-31-21(9-3)15-17-23(11-5)37-27-25(33)34)13-14-20(8-2)30-32-22(10-4)16-18-24(12-6)38-28-26(35)36/h7-18,27-28H,1-6H2,(H,33,34)(H,35,36)/b19-13+,20-14+,21-15+,22-16+,23-17+,24-18+,31-29?,32-30?. The van der Waals surface area contributed by atoms with Crippen LogP contribution in [0.3, 0.4) is 0 Å². The summed E-state index contributed by atoms with van der Waals surface area (Å²) in [5.74, 6) is -1.75. The van der Waals surface area contributed by atoms with E-state index < -0.39 is 26.7 Å². The summed E-state index contributed by atoms with van der Waals surface area (Å²) in [6.07, 6.45) is 17.7. The van der Waals surface area contributed by atoms with Gasteiger partial charge in [0.05, 0.1) is 34.3 Å². The second-order valence-electron chi connectivity index (χ2n) is 6.49. The third kappa shape index (κ3) is 15.6. The molecule has 0 aliphatic carbocycles. The Labute approximate surface area is 223 Å². The van der Waals surface area contributed by atoms with Crippen LogP contribution >= 0.6 is 0 Å². The molecule has 38 heavy (non-hydrogen) atoms. The molecule has 0 heterocycles. The zero-order valence-corrected chi connectivity index (χ0v) is 20.9. The van der Waals surface area contributed by atoms with Gasteiger partial charge in [-0.15, -0.1) is 0 Å². The van der Waals surface area contributed by atoms with Gasteiger partial charge in [0.1, 0.15) is 0 Å². The van der Waals surface area contributed by atoms with Gasteiger partial charge in [-0.05, 0) is 72.9 Å². The second kappa shape index (κ2) is 20.0. The van der Waals surface area contributed by atoms with Crippen molar-refractivity contribution in [2.45, 2.75) is 0 Å². The average Bonchev–Trinajstić information content (AvgIpc) is 2.91. The van der Waals surface area contributed by atoms with Gasteiger partial charge in [-0.2, -0.15) is 20.5 Å². The molecule has 0 aromatic rings. The lowest BCUT2D eigenvalue weighted by Crippen LogP contribution is -2.08. The molecule has 0 aliphatic rings. The van der Waals surface area contributed by atoms with Crippen molar-refractivity contribution in [1.82, 2.24) is 0 Å². The second-order valence-corrected chi connectivity index (χ2v) is 6.49. The van der Waals surface area contributed by atoms with Gasteiger partial charge in [0, 0.05) is 0 Å². The molecule has 194 valence electrons. The lowest BCUT2D eigenvalue weighted by Gasteiger charge is -2.01. The van der Waals surface area contributed by atoms with Crippen molar-refractivity contribution >= 4 is 26.7 Å². The molecule has 0 fully saturated rings. The molecule has 12 heteroatoms. The molecule has 0 rings (SSSR count). The van der Waals surface area contributed by atoms with Gasteiger partial charge in [0.2, 0.25) is 0 Å². The Morgan fingerprint density at radius 3 is 0.974 bits per heavy atom. The van der Waals surface area contributed by atoms with E-state index in [0.29, 0.717) is 22.8 Å². The molecule has 0 spiro atoms. The van der Waals surface area contributed by atoms with E-state index in [-0.39, 0.29) is 11.5 Å². The number of nitrogens with zero attached hydrogens (tertiary/aromatic N) is 4. The molecule has 2 N–H and O–H groups in total. The summed E-state index contributed by atoms with van der Waals surface area (Å²) in [7, 11) is -1.01. The fourth-order valence-corrected chi connectivity index (χ4v) is 1.95. The number of azo groups is 2. The van der Waals surface area contributed by atoms with Crippen LogP contribution in [-0.4, -0.2) is 36.9 Å². The molecule has 0 radical (unpaired) electrons. The Bertz CT molecular complexity index is 1100. The molecular formula is C26H28B2N4O6. The summed E-state index contributed by atoms with van der Waals surface area (Å²) in [6, 6.07) is 0. The fourth-order valence-electron chi connectivity index (χ4n) is 1.95. The molecule has 0 saturated carbocycles. The van der Waals surface area contributed by atoms with Crippen LogP contribution < -0.4 is 0 Å². The Hall–Kier alpha value is -5.25. The number of hydrogen-bond acceptors (Lipinski definition) is 8. The molecular weight excluding hydrogens is 486 g/mol. The van der Waals surface area contributed by atoms with Crippen molar-refractivity contribution in [3.05, 3.63) is 147 Å². The molecule has 10 nitrogen and oxygen atoms in total. The minimum Gasteiger partial charge on any atom is -0.553 e. The first kappa shape index (κ1) is 32.7. The van der Waals surface area contributed by atoms with Crippen LogP contribution in [0, 0.1) is 0 Å². The SMILES string of the molecule is C=C/C(=C\C=C(/C=C)N=N/C(C=C)=C/C=C(\C=C)OBC(=O)O)N=N/C(C=C)=C/C=C(\C=C)OBC(=O)O. The summed E-state index contributed by atoms with van der Waals surface area (Å²) in [4.78, 5) is 21.3. The highest BCUT2D eigenvalue weighted by Crippen LogP contribution is 2.11. The quantitative estimate of drug-likeness (QED) is 0.0884. The molecule has 0 atom stereocenters. The summed E-state index contributed by atoms with van der Waals surface area (Å²) in [5, 5.41) is 33.7. The molecule has 0 unspecified atom stereocenters. The molecule has 0 aromatic heterocycles. The van der Waals surface area contributed by atoms with Crippen molar-refractivity contribution < 1.29 is 29.1 Å². The summed E-state index contributed by atoms with van der Waals surface area (Å²) in [5.41, 5.74) is 1.50. The lowest BCUT2D eigenvalue weighted by molar-refractivity contribution is 0.214. The van der Waals surface area contributed by atoms with Crippen molar-refractivity contribution in [1.29, 1.82) is 0 Å². The number of rotatable bonds is 19. The summed E-state index contributed by atoms with van der Waals surface area (Å²) >= 11 is 0. The van der Waals surface area contributed by atoms with Gasteiger partial charge >= 0.3 is 15.0 Å². The maximum Gasteiger partial charge on any atom is 0.467 e. The molecule has 0 aromatic carbocycles. The first-order valence-corrected chi connectivity index (χ1v) is 10.8. The minimum absolute atomic E-state index is 0.238. The number of hydrogen-bond donors (Lipinski definition) is 2. The molecule has 0 saturated heterocycles. The van der Waals surface area contributed by atoms with E-state index in [4.69, 9.17) is 19.5 Å². The normalized spacial score (nSPS) is 13.5. The fraction of sp³-hybridized carbons (Fsp3) is 0. The topological polar surface area (TPSA) is 142 Å². The number of carbonyl (C=O) groups is 2. The smallest absolute Gasteiger partial charge is 0.467 e. The van der Waals surface area contributed by atoms with Crippen LogP contribution in [0.4, 0.5) is 9.59 Å². The highest BCUT2D eigenvalue weighted by molar-refractivity contribution is 6.66. The average molecular weight is 514 g/mol. The van der Waals surface area contributed by atoms with Gasteiger partial charge in [-0.3, -0.25) is 9.59 Å². The summed E-state index contributed by atoms with van der Waals surface area (Å²) < 4.78 is 10.1. The highest BCUT2D eigenvalue weighted by Gasteiger charge is 2.04. The third-order valence-electron chi connectivity index (χ3n) is 3.79. The van der Waals surface area contributed by atoms with Gasteiger partial charge in [-0.1, -0.05) is 39.5 Å². The zero-order chi connectivity index (χ0) is 28.8. The number of allylic oxidation sites excluding steroid dienone is 12. The molecule has 0 bridgehead atoms. The van der Waals surface area contributed by atoms with Gasteiger partial charge < -0.3 is 19.5 Å². The van der Waals surface area contributed by atoms with Crippen molar-refractivity contribution in [3.63, 3.8) is 0 Å². The van der Waals surface area contributed by atoms with Crippen LogP contribution in [0.5, 0.6) is 0 Å². The van der Waals surface area contributed by atoms with Crippen molar-refractivity contribution in [2.24, 2.45) is 20.5 Å². The predicted octanol–water partition coefficient (Wildman–Crippen LogP) is 6.40. The van der Waals surface area contributed by atoms with E-state index in [1.54, 1.807) is 12.2 Å². The monoisotopic (exact) mass is 514 g/mol. The number of carboxylic acid groups (broad SMARTS) is 2. The minimum atomic E-state index is -1.12. The zero-order valence-electron chi connectivity index (χ0n) is 20.9. The van der Waals surface area contributed by atoms with Gasteiger partial charge in [0.25, 0.3) is 11.7 Å². The lowest BCUT2D eigenvalue weighted by atomic mass is 10.0. The van der Waals surface area contributed by atoms with E-state index in [1.807, 2.05) is 0 Å². The maximum atomic E-state index is 10.6. The van der Waals surface area contributed by atoms with Crippen LogP contribution in [-0.2, 0) is 9.31 Å². The van der Waals surface area contributed by atoms with E-state index in [9.17, 15) is 9.59 Å². The van der Waals surface area contributed by atoms with E-state index in [1.165, 1.54) is 60.8 Å². The van der Waals surface area contributed by atoms with Gasteiger partial charge in [-0.25, -0.2) is 0 Å². The van der Waals surface area contributed by atoms with Crippen LogP contribution in [0.1, 0.15) is 0 Å². The Morgan fingerprint density at radius 1 is 0.500 bits per heavy atom. The van der Waals surface area contributed by atoms with Crippen LogP contribution in [0.2, 0.25) is 0 Å². The van der Waals surface area contributed by atoms with E-state index in [0.717, 1.165) is 0 Å². The van der Waals surface area contributed by atoms with Crippen molar-refractivity contribution in [3.8, 4) is 0 Å². The summed E-state index contributed by atoms with van der Waals surface area (Å²) in [6.45, 7) is 21.8. The highest BCUT2D eigenvalue weighted by atomic mass is 16.5.